The second kappa shape index (κ2) is 6.00. The Morgan fingerprint density at radius 2 is 2.08 bits per heavy atom. The molecule has 0 spiro atoms. The zero-order valence-corrected chi connectivity index (χ0v) is 15.0. The highest BCUT2D eigenvalue weighted by molar-refractivity contribution is 7.88. The molecule has 2 aliphatic heterocycles. The third kappa shape index (κ3) is 3.25. The van der Waals surface area contributed by atoms with E-state index in [9.17, 15) is 13.2 Å². The van der Waals surface area contributed by atoms with E-state index >= 15 is 0 Å². The molecule has 132 valence electrons. The third-order valence-corrected chi connectivity index (χ3v) is 5.86. The lowest BCUT2D eigenvalue weighted by atomic mass is 9.95. The molecule has 1 atom stereocenters. The smallest absolute Gasteiger partial charge is 0.416 e. The van der Waals surface area contributed by atoms with Crippen LogP contribution >= 0.6 is 0 Å². The molecule has 0 saturated carbocycles. The summed E-state index contributed by atoms with van der Waals surface area (Å²) in [5.41, 5.74) is 0.366. The highest BCUT2D eigenvalue weighted by atomic mass is 32.2. The average molecular weight is 353 g/mol. The number of ether oxygens (including phenoxy) is 1. The van der Waals surface area contributed by atoms with Crippen LogP contribution in [-0.4, -0.2) is 55.3 Å². The molecule has 7 nitrogen and oxygen atoms in total. The van der Waals surface area contributed by atoms with Crippen molar-refractivity contribution in [2.75, 3.05) is 30.9 Å². The van der Waals surface area contributed by atoms with Crippen molar-refractivity contribution >= 4 is 21.9 Å². The van der Waals surface area contributed by atoms with E-state index in [-0.39, 0.29) is 5.92 Å². The molecule has 0 N–H and O–H groups in total. The molecule has 3 rings (SSSR count). The molecule has 0 radical (unpaired) electrons. The van der Waals surface area contributed by atoms with Gasteiger partial charge in [-0.2, -0.15) is 0 Å². The minimum atomic E-state index is -3.20. The zero-order chi connectivity index (χ0) is 17.5. The Morgan fingerprint density at radius 3 is 2.71 bits per heavy atom. The van der Waals surface area contributed by atoms with Gasteiger partial charge in [-0.15, -0.1) is 0 Å². The molecular weight excluding hydrogens is 330 g/mol. The summed E-state index contributed by atoms with van der Waals surface area (Å²) >= 11 is 0. The summed E-state index contributed by atoms with van der Waals surface area (Å²) in [4.78, 5) is 18.2. The molecule has 24 heavy (non-hydrogen) atoms. The second-order valence-corrected chi connectivity index (χ2v) is 9.07. The maximum absolute atomic E-state index is 12.0. The van der Waals surface area contributed by atoms with Gasteiger partial charge < -0.3 is 4.74 Å². The Labute approximate surface area is 142 Å². The van der Waals surface area contributed by atoms with Crippen molar-refractivity contribution in [2.24, 2.45) is 0 Å². The van der Waals surface area contributed by atoms with E-state index < -0.39 is 21.7 Å². The maximum Gasteiger partial charge on any atom is 0.416 e. The molecular formula is C16H23N3O4S. The first kappa shape index (κ1) is 17.2. The van der Waals surface area contributed by atoms with Crippen molar-refractivity contribution in [2.45, 2.75) is 38.1 Å². The van der Waals surface area contributed by atoms with Crippen LogP contribution in [0.2, 0.25) is 0 Å². The van der Waals surface area contributed by atoms with Crippen molar-refractivity contribution in [3.05, 3.63) is 23.9 Å². The summed E-state index contributed by atoms with van der Waals surface area (Å²) in [5, 5.41) is 0. The molecule has 1 amide bonds. The molecule has 3 heterocycles. The monoisotopic (exact) mass is 353 g/mol. The van der Waals surface area contributed by atoms with Gasteiger partial charge >= 0.3 is 6.09 Å². The first-order chi connectivity index (χ1) is 11.2. The van der Waals surface area contributed by atoms with Crippen LogP contribution in [0.3, 0.4) is 0 Å². The first-order valence-corrected chi connectivity index (χ1v) is 9.92. The second-order valence-electron chi connectivity index (χ2n) is 7.08. The van der Waals surface area contributed by atoms with Crippen LogP contribution < -0.4 is 4.90 Å². The summed E-state index contributed by atoms with van der Waals surface area (Å²) < 4.78 is 30.3. The van der Waals surface area contributed by atoms with E-state index in [1.165, 1.54) is 10.6 Å². The normalized spacial score (nSPS) is 24.9. The standard InChI is InChI=1S/C16H23N3O4S/c1-16(2)11-23-15(20)19(16)14-8-4-7-13(17-14)12-6-5-9-18(10-12)24(3,21)22/h4,7-8,12H,5-6,9-11H2,1-3H3/t12-/m0/s1. The largest absolute Gasteiger partial charge is 0.447 e. The van der Waals surface area contributed by atoms with Crippen molar-refractivity contribution in [1.82, 2.24) is 9.29 Å². The summed E-state index contributed by atoms with van der Waals surface area (Å²) in [6.45, 7) is 5.17. The van der Waals surface area contributed by atoms with E-state index in [0.29, 0.717) is 25.5 Å². The number of anilines is 1. The number of carbonyl (C=O) groups excluding carboxylic acids is 1. The van der Waals surface area contributed by atoms with Crippen molar-refractivity contribution in [3.63, 3.8) is 0 Å². The summed E-state index contributed by atoms with van der Waals surface area (Å²) in [5.74, 6) is 0.589. The van der Waals surface area contributed by atoms with Crippen LogP contribution in [0.5, 0.6) is 0 Å². The fraction of sp³-hybridized carbons (Fsp3) is 0.625. The van der Waals surface area contributed by atoms with Crippen LogP contribution in [0.25, 0.3) is 0 Å². The average Bonchev–Trinajstić information content (AvgIpc) is 2.80. The number of hydrogen-bond donors (Lipinski definition) is 0. The van der Waals surface area contributed by atoms with E-state index in [1.54, 1.807) is 11.0 Å². The van der Waals surface area contributed by atoms with Crippen LogP contribution in [-0.2, 0) is 14.8 Å². The molecule has 1 aromatic rings. The Bertz CT molecular complexity index is 747. The SMILES string of the molecule is CC1(C)COC(=O)N1c1cccc([C@H]2CCCN(S(C)(=O)=O)C2)n1. The predicted octanol–water partition coefficient (Wildman–Crippen LogP) is 1.96. The number of hydrogen-bond acceptors (Lipinski definition) is 5. The van der Waals surface area contributed by atoms with E-state index in [0.717, 1.165) is 18.5 Å². The number of pyridine rings is 1. The minimum Gasteiger partial charge on any atom is -0.447 e. The zero-order valence-electron chi connectivity index (χ0n) is 14.2. The molecule has 0 unspecified atom stereocenters. The van der Waals surface area contributed by atoms with Crippen molar-refractivity contribution in [3.8, 4) is 0 Å². The minimum absolute atomic E-state index is 0.0372. The molecule has 2 fully saturated rings. The Balaban J connectivity index is 1.87. The number of rotatable bonds is 3. The van der Waals surface area contributed by atoms with Crippen molar-refractivity contribution < 1.29 is 17.9 Å². The molecule has 2 aliphatic rings. The molecule has 1 aromatic heterocycles. The van der Waals surface area contributed by atoms with Crippen LogP contribution in [0.1, 0.15) is 38.3 Å². The lowest BCUT2D eigenvalue weighted by Crippen LogP contribution is -2.43. The van der Waals surface area contributed by atoms with Crippen LogP contribution in [0.15, 0.2) is 18.2 Å². The van der Waals surface area contributed by atoms with E-state index in [1.807, 2.05) is 26.0 Å². The molecule has 2 saturated heterocycles. The quantitative estimate of drug-likeness (QED) is 0.830. The van der Waals surface area contributed by atoms with E-state index in [2.05, 4.69) is 4.98 Å². The van der Waals surface area contributed by atoms with Crippen molar-refractivity contribution in [1.29, 1.82) is 0 Å². The highest BCUT2D eigenvalue weighted by Crippen LogP contribution is 2.32. The molecule has 0 bridgehead atoms. The number of nitrogens with zero attached hydrogens (tertiary/aromatic N) is 3. The highest BCUT2D eigenvalue weighted by Gasteiger charge is 2.42. The van der Waals surface area contributed by atoms with Gasteiger partial charge in [-0.25, -0.2) is 22.5 Å². The summed E-state index contributed by atoms with van der Waals surface area (Å²) in [7, 11) is -3.20. The van der Waals surface area contributed by atoms with Gasteiger partial charge in [0, 0.05) is 24.7 Å². The summed E-state index contributed by atoms with van der Waals surface area (Å²) in [6.07, 6.45) is 2.53. The number of sulfonamides is 1. The maximum atomic E-state index is 12.0. The van der Waals surface area contributed by atoms with E-state index in [4.69, 9.17) is 4.74 Å². The summed E-state index contributed by atoms with van der Waals surface area (Å²) in [6, 6.07) is 5.54. The Hall–Kier alpha value is -1.67. The van der Waals surface area contributed by atoms with Gasteiger partial charge in [0.25, 0.3) is 0 Å². The number of cyclic esters (lactones) is 1. The lowest BCUT2D eigenvalue weighted by Gasteiger charge is -2.31. The molecule has 0 aromatic carbocycles. The van der Waals surface area contributed by atoms with Gasteiger partial charge in [0.05, 0.1) is 11.8 Å². The van der Waals surface area contributed by atoms with Gasteiger partial charge in [0.15, 0.2) is 0 Å². The van der Waals surface area contributed by atoms with Gasteiger partial charge in [0.2, 0.25) is 10.0 Å². The Kier molecular flexibility index (Phi) is 4.29. The Morgan fingerprint density at radius 1 is 1.33 bits per heavy atom. The number of carbonyl (C=O) groups is 1. The van der Waals surface area contributed by atoms with Gasteiger partial charge in [0.1, 0.15) is 12.4 Å². The molecule has 8 heteroatoms. The number of aromatic nitrogens is 1. The van der Waals surface area contributed by atoms with Gasteiger partial charge in [-0.3, -0.25) is 4.90 Å². The first-order valence-electron chi connectivity index (χ1n) is 8.07. The predicted molar refractivity (Wildman–Crippen MR) is 90.5 cm³/mol. The fourth-order valence-electron chi connectivity index (χ4n) is 3.29. The lowest BCUT2D eigenvalue weighted by molar-refractivity contribution is 0.175. The van der Waals surface area contributed by atoms with Crippen LogP contribution in [0, 0.1) is 0 Å². The van der Waals surface area contributed by atoms with Crippen LogP contribution in [0.4, 0.5) is 10.6 Å². The third-order valence-electron chi connectivity index (χ3n) is 4.59. The topological polar surface area (TPSA) is 79.8 Å². The number of amides is 1. The van der Waals surface area contributed by atoms with Gasteiger partial charge in [-0.05, 0) is 38.8 Å². The van der Waals surface area contributed by atoms with Gasteiger partial charge in [-0.1, -0.05) is 6.07 Å². The molecule has 0 aliphatic carbocycles. The number of piperidine rings is 1. The fourth-order valence-corrected chi connectivity index (χ4v) is 4.21.